The van der Waals surface area contributed by atoms with Crippen molar-refractivity contribution in [2.24, 2.45) is 0 Å². The highest BCUT2D eigenvalue weighted by molar-refractivity contribution is 5.91. The molecule has 1 aromatic carbocycles. The number of nitrogens with one attached hydrogen (secondary N) is 1. The molecule has 2 heterocycles. The predicted octanol–water partition coefficient (Wildman–Crippen LogP) is 0.658. The number of para-hydroxylation sites is 1. The molecule has 21 heavy (non-hydrogen) atoms. The summed E-state index contributed by atoms with van der Waals surface area (Å²) in [6, 6.07) is 9.41. The zero-order valence-electron chi connectivity index (χ0n) is 11.3. The SMILES string of the molecule is CN(Cc1ncn[nH]1)C(=O)c1cnn(-c2ccccc2)n1. The van der Waals surface area contributed by atoms with E-state index in [1.165, 1.54) is 22.2 Å². The fourth-order valence-corrected chi connectivity index (χ4v) is 1.85. The van der Waals surface area contributed by atoms with Crippen LogP contribution in [0.2, 0.25) is 0 Å². The number of carbonyl (C=O) groups is 1. The van der Waals surface area contributed by atoms with Gasteiger partial charge in [-0.2, -0.15) is 15.0 Å². The molecule has 0 fully saturated rings. The van der Waals surface area contributed by atoms with Gasteiger partial charge in [0.1, 0.15) is 12.2 Å². The topological polar surface area (TPSA) is 92.6 Å². The van der Waals surface area contributed by atoms with Crippen LogP contribution < -0.4 is 0 Å². The zero-order chi connectivity index (χ0) is 14.7. The van der Waals surface area contributed by atoms with Crippen LogP contribution in [0.5, 0.6) is 0 Å². The van der Waals surface area contributed by atoms with E-state index in [-0.39, 0.29) is 11.6 Å². The van der Waals surface area contributed by atoms with Gasteiger partial charge in [-0.3, -0.25) is 9.89 Å². The summed E-state index contributed by atoms with van der Waals surface area (Å²) in [4.78, 5) is 19.2. The zero-order valence-corrected chi connectivity index (χ0v) is 11.3. The van der Waals surface area contributed by atoms with Gasteiger partial charge in [0, 0.05) is 7.05 Å². The van der Waals surface area contributed by atoms with Crippen LogP contribution in [0.4, 0.5) is 0 Å². The number of rotatable bonds is 4. The summed E-state index contributed by atoms with van der Waals surface area (Å²) in [5.74, 6) is 0.384. The molecule has 0 aliphatic heterocycles. The van der Waals surface area contributed by atoms with Crippen LogP contribution in [0.15, 0.2) is 42.9 Å². The second-order valence-corrected chi connectivity index (χ2v) is 4.45. The number of aromatic nitrogens is 6. The fourth-order valence-electron chi connectivity index (χ4n) is 1.85. The molecular weight excluding hydrogens is 270 g/mol. The number of nitrogens with zero attached hydrogens (tertiary/aromatic N) is 6. The van der Waals surface area contributed by atoms with Crippen molar-refractivity contribution < 1.29 is 4.79 Å². The molecule has 0 saturated carbocycles. The highest BCUT2D eigenvalue weighted by atomic mass is 16.2. The van der Waals surface area contributed by atoms with E-state index in [4.69, 9.17) is 0 Å². The van der Waals surface area contributed by atoms with Crippen LogP contribution in [0.3, 0.4) is 0 Å². The van der Waals surface area contributed by atoms with E-state index in [0.717, 1.165) is 5.69 Å². The summed E-state index contributed by atoms with van der Waals surface area (Å²) in [6.07, 6.45) is 2.85. The summed E-state index contributed by atoms with van der Waals surface area (Å²) < 4.78 is 0. The van der Waals surface area contributed by atoms with E-state index in [1.807, 2.05) is 30.3 Å². The number of carbonyl (C=O) groups excluding carboxylic acids is 1. The smallest absolute Gasteiger partial charge is 0.276 e. The summed E-state index contributed by atoms with van der Waals surface area (Å²) >= 11 is 0. The Labute approximate surface area is 120 Å². The van der Waals surface area contributed by atoms with Crippen molar-refractivity contribution in [3.63, 3.8) is 0 Å². The molecule has 3 rings (SSSR count). The van der Waals surface area contributed by atoms with Gasteiger partial charge in [0.15, 0.2) is 5.69 Å². The Morgan fingerprint density at radius 3 is 2.86 bits per heavy atom. The highest BCUT2D eigenvalue weighted by Gasteiger charge is 2.17. The summed E-state index contributed by atoms with van der Waals surface area (Å²) in [5, 5.41) is 14.8. The van der Waals surface area contributed by atoms with Gasteiger partial charge in [-0.1, -0.05) is 18.2 Å². The maximum absolute atomic E-state index is 12.3. The van der Waals surface area contributed by atoms with Crippen molar-refractivity contribution in [2.75, 3.05) is 7.05 Å². The summed E-state index contributed by atoms with van der Waals surface area (Å²) in [5.41, 5.74) is 1.08. The first-order chi connectivity index (χ1) is 10.2. The molecule has 0 aliphatic carbocycles. The number of amides is 1. The van der Waals surface area contributed by atoms with Crippen molar-refractivity contribution in [3.8, 4) is 5.69 Å². The Hall–Kier alpha value is -3.03. The lowest BCUT2D eigenvalue weighted by molar-refractivity contribution is 0.0775. The monoisotopic (exact) mass is 283 g/mol. The minimum absolute atomic E-state index is 0.228. The number of hydrogen-bond acceptors (Lipinski definition) is 5. The first-order valence-corrected chi connectivity index (χ1v) is 6.31. The van der Waals surface area contributed by atoms with Gasteiger partial charge in [-0.05, 0) is 12.1 Å². The van der Waals surface area contributed by atoms with Gasteiger partial charge in [0.05, 0.1) is 18.4 Å². The molecule has 2 aromatic heterocycles. The Kier molecular flexibility index (Phi) is 3.42. The van der Waals surface area contributed by atoms with Crippen LogP contribution >= 0.6 is 0 Å². The minimum Gasteiger partial charge on any atom is -0.333 e. The summed E-state index contributed by atoms with van der Waals surface area (Å²) in [7, 11) is 1.67. The quantitative estimate of drug-likeness (QED) is 0.759. The molecule has 8 heteroatoms. The van der Waals surface area contributed by atoms with Crippen LogP contribution in [0.1, 0.15) is 16.3 Å². The highest BCUT2D eigenvalue weighted by Crippen LogP contribution is 2.06. The first-order valence-electron chi connectivity index (χ1n) is 6.31. The Bertz CT molecular complexity index is 720. The average molecular weight is 283 g/mol. The predicted molar refractivity (Wildman–Crippen MR) is 73.5 cm³/mol. The second-order valence-electron chi connectivity index (χ2n) is 4.45. The normalized spacial score (nSPS) is 10.5. The minimum atomic E-state index is -0.228. The van der Waals surface area contributed by atoms with E-state index < -0.39 is 0 Å². The van der Waals surface area contributed by atoms with E-state index in [1.54, 1.807) is 7.05 Å². The molecule has 0 radical (unpaired) electrons. The lowest BCUT2D eigenvalue weighted by Crippen LogP contribution is -2.27. The molecule has 1 amide bonds. The molecule has 0 saturated heterocycles. The number of aromatic amines is 1. The van der Waals surface area contributed by atoms with Crippen LogP contribution in [0.25, 0.3) is 5.69 Å². The average Bonchev–Trinajstić information content (AvgIpc) is 3.18. The van der Waals surface area contributed by atoms with E-state index in [0.29, 0.717) is 12.4 Å². The maximum atomic E-state index is 12.3. The Morgan fingerprint density at radius 2 is 2.14 bits per heavy atom. The van der Waals surface area contributed by atoms with Crippen LogP contribution in [-0.4, -0.2) is 48.0 Å². The first kappa shape index (κ1) is 13.0. The largest absolute Gasteiger partial charge is 0.333 e. The third-order valence-corrected chi connectivity index (χ3v) is 2.90. The molecule has 1 N–H and O–H groups in total. The van der Waals surface area contributed by atoms with Gasteiger partial charge in [0.25, 0.3) is 5.91 Å². The van der Waals surface area contributed by atoms with Crippen LogP contribution in [0, 0.1) is 0 Å². The van der Waals surface area contributed by atoms with Crippen molar-refractivity contribution in [1.29, 1.82) is 0 Å². The van der Waals surface area contributed by atoms with E-state index in [9.17, 15) is 4.79 Å². The molecular formula is C13H13N7O. The third-order valence-electron chi connectivity index (χ3n) is 2.90. The molecule has 0 bridgehead atoms. The van der Waals surface area contributed by atoms with Crippen molar-refractivity contribution in [1.82, 2.24) is 35.1 Å². The fraction of sp³-hybridized carbons (Fsp3) is 0.154. The number of hydrogen-bond donors (Lipinski definition) is 1. The Morgan fingerprint density at radius 1 is 1.33 bits per heavy atom. The molecule has 3 aromatic rings. The van der Waals surface area contributed by atoms with Gasteiger partial charge in [-0.15, -0.1) is 5.10 Å². The van der Waals surface area contributed by atoms with Crippen molar-refractivity contribution >= 4 is 5.91 Å². The Balaban J connectivity index is 1.75. The lowest BCUT2D eigenvalue weighted by atomic mass is 10.3. The third kappa shape index (κ3) is 2.78. The molecule has 0 atom stereocenters. The standard InChI is InChI=1S/C13H13N7O/c1-19(8-12-14-9-15-17-12)13(21)11-7-16-20(18-11)10-5-3-2-4-6-10/h2-7,9H,8H2,1H3,(H,14,15,17). The molecule has 0 unspecified atom stereocenters. The van der Waals surface area contributed by atoms with E-state index in [2.05, 4.69) is 25.4 Å². The van der Waals surface area contributed by atoms with E-state index >= 15 is 0 Å². The molecule has 0 spiro atoms. The van der Waals surface area contributed by atoms with Crippen molar-refractivity contribution in [2.45, 2.75) is 6.54 Å². The maximum Gasteiger partial charge on any atom is 0.276 e. The number of H-pyrrole nitrogens is 1. The molecule has 106 valence electrons. The van der Waals surface area contributed by atoms with Crippen molar-refractivity contribution in [3.05, 3.63) is 54.4 Å². The summed E-state index contributed by atoms with van der Waals surface area (Å²) in [6.45, 7) is 0.330. The van der Waals surface area contributed by atoms with Gasteiger partial charge >= 0.3 is 0 Å². The van der Waals surface area contributed by atoms with Crippen LogP contribution in [-0.2, 0) is 6.54 Å². The van der Waals surface area contributed by atoms with Gasteiger partial charge in [0.2, 0.25) is 0 Å². The lowest BCUT2D eigenvalue weighted by Gasteiger charge is -2.13. The molecule has 8 nitrogen and oxygen atoms in total. The number of benzene rings is 1. The molecule has 0 aliphatic rings. The second kappa shape index (κ2) is 5.53. The van der Waals surface area contributed by atoms with Gasteiger partial charge in [-0.25, -0.2) is 4.98 Å². The van der Waals surface area contributed by atoms with Gasteiger partial charge < -0.3 is 4.90 Å².